The van der Waals surface area contributed by atoms with Gasteiger partial charge in [-0.05, 0) is 111 Å². The van der Waals surface area contributed by atoms with Gasteiger partial charge in [0.05, 0.1) is 47.1 Å². The van der Waals surface area contributed by atoms with Gasteiger partial charge in [-0.1, -0.05) is 102 Å². The number of amides is 6. The summed E-state index contributed by atoms with van der Waals surface area (Å²) in [5, 5.41) is 18.3. The third kappa shape index (κ3) is 12.3. The zero-order valence-electron chi connectivity index (χ0n) is 44.8. The van der Waals surface area contributed by atoms with E-state index in [-0.39, 0.29) is 70.5 Å². The molecule has 0 bridgehead atoms. The molecule has 8 rings (SSSR count). The Kier molecular flexibility index (Phi) is 18.5. The number of ether oxygens (including phenoxy) is 2. The summed E-state index contributed by atoms with van der Waals surface area (Å²) in [6.45, 7) is 12.9. The Morgan fingerprint density at radius 1 is 0.595 bits per heavy atom. The van der Waals surface area contributed by atoms with E-state index in [0.29, 0.717) is 63.2 Å². The van der Waals surface area contributed by atoms with E-state index in [0.717, 1.165) is 60.8 Å². The zero-order chi connectivity index (χ0) is 52.9. The molecule has 6 amide bonds. The molecule has 4 saturated heterocycles. The lowest BCUT2D eigenvalue weighted by atomic mass is 9.83. The molecule has 406 valence electrons. The van der Waals surface area contributed by atoms with E-state index in [1.54, 1.807) is 61.3 Å². The van der Waals surface area contributed by atoms with Crippen LogP contribution in [0.15, 0.2) is 48.5 Å². The van der Waals surface area contributed by atoms with E-state index < -0.39 is 47.1 Å². The molecule has 0 spiro atoms. The molecule has 0 aromatic heterocycles. The molecule has 2 aromatic rings. The Labute approximate surface area is 447 Å². The highest BCUT2D eigenvalue weighted by atomic mass is 32.2. The van der Waals surface area contributed by atoms with Crippen molar-refractivity contribution < 1.29 is 38.2 Å². The SMILES string of the molecule is CN[C@@H](C)C(=O)N[C@H]1CCS[C@H]2CC(C)(C)C(C(=O)N[C@H]3c4ccccc4C[C@H]3OCCCCCCCCO[C@@H]3Cc4ccccc4[C@@H]3NC(=O)[C@H]3N4C(=O)[C@@H](NC(=O)[C@H](C)NC)CCS[C@H]4CC3(C)C)N2C1=O. The Balaban J connectivity index is 0.796. The molecule has 4 fully saturated rings. The van der Waals surface area contributed by atoms with Gasteiger partial charge in [-0.3, -0.25) is 28.8 Å². The Bertz CT molecular complexity index is 2190. The molecule has 18 heteroatoms. The van der Waals surface area contributed by atoms with Crippen molar-refractivity contribution >= 4 is 59.0 Å². The van der Waals surface area contributed by atoms with Gasteiger partial charge in [0.15, 0.2) is 0 Å². The summed E-state index contributed by atoms with van der Waals surface area (Å²) < 4.78 is 13.2. The minimum Gasteiger partial charge on any atom is -0.375 e. The van der Waals surface area contributed by atoms with Crippen LogP contribution in [0, 0.1) is 10.8 Å². The van der Waals surface area contributed by atoms with Gasteiger partial charge in [-0.25, -0.2) is 0 Å². The highest BCUT2D eigenvalue weighted by Crippen LogP contribution is 2.48. The summed E-state index contributed by atoms with van der Waals surface area (Å²) in [7, 11) is 3.43. The van der Waals surface area contributed by atoms with Gasteiger partial charge in [0, 0.05) is 26.1 Å². The van der Waals surface area contributed by atoms with Crippen LogP contribution in [0.2, 0.25) is 0 Å². The first-order valence-electron chi connectivity index (χ1n) is 27.3. The molecule has 0 saturated carbocycles. The van der Waals surface area contributed by atoms with Gasteiger partial charge in [-0.2, -0.15) is 0 Å². The monoisotopic (exact) mass is 1060 g/mol. The summed E-state index contributed by atoms with van der Waals surface area (Å²) in [5.74, 6) is 0.189. The van der Waals surface area contributed by atoms with E-state index in [4.69, 9.17) is 9.47 Å². The van der Waals surface area contributed by atoms with Crippen LogP contribution in [0.1, 0.15) is 140 Å². The van der Waals surface area contributed by atoms with Crippen molar-refractivity contribution in [2.24, 2.45) is 10.8 Å². The predicted octanol–water partition coefficient (Wildman–Crippen LogP) is 5.29. The molecule has 6 N–H and O–H groups in total. The van der Waals surface area contributed by atoms with Crippen LogP contribution in [0.3, 0.4) is 0 Å². The summed E-state index contributed by atoms with van der Waals surface area (Å²) in [6.07, 6.45) is 9.26. The largest absolute Gasteiger partial charge is 0.375 e. The maximum Gasteiger partial charge on any atom is 0.246 e. The molecule has 74 heavy (non-hydrogen) atoms. The molecule has 6 aliphatic rings. The number of nitrogens with zero attached hydrogens (tertiary/aromatic N) is 2. The van der Waals surface area contributed by atoms with Crippen LogP contribution >= 0.6 is 23.5 Å². The quantitative estimate of drug-likeness (QED) is 0.0886. The van der Waals surface area contributed by atoms with E-state index in [1.165, 1.54) is 0 Å². The topological polar surface area (TPSA) is 200 Å². The zero-order valence-corrected chi connectivity index (χ0v) is 46.5. The second-order valence-electron chi connectivity index (χ2n) is 22.8. The number of benzene rings is 2. The number of carbonyl (C=O) groups is 6. The van der Waals surface area contributed by atoms with Crippen molar-refractivity contribution in [1.29, 1.82) is 0 Å². The normalized spacial score (nSPS) is 29.5. The van der Waals surface area contributed by atoms with Crippen LogP contribution in [0.4, 0.5) is 0 Å². The summed E-state index contributed by atoms with van der Waals surface area (Å²) >= 11 is 3.38. The number of rotatable bonds is 21. The van der Waals surface area contributed by atoms with E-state index in [1.807, 2.05) is 24.3 Å². The van der Waals surface area contributed by atoms with Gasteiger partial charge in [-0.15, -0.1) is 23.5 Å². The lowest BCUT2D eigenvalue weighted by Gasteiger charge is -2.35. The number of nitrogens with one attached hydrogen (secondary N) is 6. The number of hydrogen-bond donors (Lipinski definition) is 6. The number of unbranched alkanes of at least 4 members (excludes halogenated alkanes) is 5. The highest BCUT2D eigenvalue weighted by molar-refractivity contribution is 8.00. The van der Waals surface area contributed by atoms with Crippen LogP contribution in [-0.2, 0) is 51.1 Å². The summed E-state index contributed by atoms with van der Waals surface area (Å²) in [5.41, 5.74) is 3.46. The van der Waals surface area contributed by atoms with Gasteiger partial charge >= 0.3 is 0 Å². The Morgan fingerprint density at radius 3 is 1.36 bits per heavy atom. The van der Waals surface area contributed by atoms with E-state index in [2.05, 4.69) is 83.9 Å². The molecule has 2 aromatic carbocycles. The van der Waals surface area contributed by atoms with Gasteiger partial charge < -0.3 is 51.2 Å². The van der Waals surface area contributed by atoms with Crippen molar-refractivity contribution in [2.75, 3.05) is 38.8 Å². The van der Waals surface area contributed by atoms with Crippen molar-refractivity contribution in [1.82, 2.24) is 41.7 Å². The van der Waals surface area contributed by atoms with Gasteiger partial charge in [0.1, 0.15) is 24.2 Å². The van der Waals surface area contributed by atoms with E-state index in [9.17, 15) is 28.8 Å². The van der Waals surface area contributed by atoms with Crippen LogP contribution in [0.25, 0.3) is 0 Å². The molecule has 1 unspecified atom stereocenters. The fourth-order valence-corrected chi connectivity index (χ4v) is 15.3. The van der Waals surface area contributed by atoms with Crippen LogP contribution < -0.4 is 31.9 Å². The summed E-state index contributed by atoms with van der Waals surface area (Å²) in [4.78, 5) is 86.7. The Morgan fingerprint density at radius 2 is 0.973 bits per heavy atom. The second kappa shape index (κ2) is 24.4. The third-order valence-electron chi connectivity index (χ3n) is 16.5. The first kappa shape index (κ1) is 56.0. The molecule has 4 aliphatic heterocycles. The molecular formula is C56H82N8O8S2. The maximum absolute atomic E-state index is 14.5. The number of thioether (sulfide) groups is 2. The number of carbonyl (C=O) groups excluding carboxylic acids is 6. The minimum absolute atomic E-state index is 0.146. The molecule has 2 aliphatic carbocycles. The lowest BCUT2D eigenvalue weighted by Crippen LogP contribution is -2.58. The number of hydrogen-bond acceptors (Lipinski definition) is 12. The molecule has 12 atom stereocenters. The van der Waals surface area contributed by atoms with Crippen molar-refractivity contribution in [3.05, 3.63) is 70.8 Å². The third-order valence-corrected chi connectivity index (χ3v) is 19.0. The fraction of sp³-hybridized carbons (Fsp3) is 0.679. The maximum atomic E-state index is 14.5. The first-order chi connectivity index (χ1) is 35.4. The first-order valence-corrected chi connectivity index (χ1v) is 29.4. The fourth-order valence-electron chi connectivity index (χ4n) is 12.2. The number of fused-ring (bicyclic) bond motifs is 4. The van der Waals surface area contributed by atoms with Crippen molar-refractivity contribution in [3.8, 4) is 0 Å². The van der Waals surface area contributed by atoms with E-state index >= 15 is 0 Å². The van der Waals surface area contributed by atoms with Crippen LogP contribution in [0.5, 0.6) is 0 Å². The molecule has 16 nitrogen and oxygen atoms in total. The molecule has 4 heterocycles. The van der Waals surface area contributed by atoms with Gasteiger partial charge in [0.25, 0.3) is 0 Å². The predicted molar refractivity (Wildman–Crippen MR) is 290 cm³/mol. The lowest BCUT2D eigenvalue weighted by molar-refractivity contribution is -0.144. The average molecular weight is 1060 g/mol. The van der Waals surface area contributed by atoms with Crippen LogP contribution in [-0.4, -0.2) is 143 Å². The highest BCUT2D eigenvalue weighted by Gasteiger charge is 2.57. The standard InChI is InChI=1S/C56H82N8O8S2/c1-33(57-7)49(65)59-39-23-27-73-43-31-55(3,4)47(63(43)53(39)69)51(67)61-45-37-21-15-13-19-35(37)29-41(45)71-25-17-11-9-10-12-18-26-72-42-30-36-20-14-16-22-38(36)46(42)62-52(68)48-56(5,6)32-44-64(48)54(70)40(24-28-74-44)60-50(66)34(2)58-8/h13-16,19-22,33-34,39-48,57-58H,9-12,17-18,23-32H2,1-8H3,(H,59,65)(H,60,66)(H,61,67)(H,62,68)/t33-,34-,39-,40-,41+,42+,43-,44-,45-,46-,47+,48?/m0/s1. The minimum atomic E-state index is -0.693. The molecular weight excluding hydrogens is 977 g/mol. The van der Waals surface area contributed by atoms with Gasteiger partial charge in [0.2, 0.25) is 35.4 Å². The second-order valence-corrected chi connectivity index (χ2v) is 25.3. The smallest absolute Gasteiger partial charge is 0.246 e. The Hall–Kier alpha value is -4.20. The van der Waals surface area contributed by atoms with Crippen molar-refractivity contribution in [3.63, 3.8) is 0 Å². The number of likely N-dealkylation sites (N-methyl/N-ethyl adjacent to an activating group) is 2. The summed E-state index contributed by atoms with van der Waals surface area (Å²) in [6, 6.07) is 12.0. The van der Waals surface area contributed by atoms with Crippen molar-refractivity contribution in [2.45, 2.75) is 190 Å². The average Bonchev–Trinajstić information content (AvgIpc) is 4.02. The molecule has 0 radical (unpaired) electrons.